The zero-order valence-corrected chi connectivity index (χ0v) is 10.1. The average Bonchev–Trinajstić information content (AvgIpc) is 2.26. The summed E-state index contributed by atoms with van der Waals surface area (Å²) in [4.78, 5) is 11.5. The number of ether oxygens (including phenoxy) is 1. The molecule has 2 atom stereocenters. The second-order valence-corrected chi connectivity index (χ2v) is 3.75. The van der Waals surface area contributed by atoms with Crippen LogP contribution in [0.1, 0.15) is 33.6 Å². The number of nitrogens with two attached hydrogens (primary N) is 1. The number of amides is 1. The number of rotatable bonds is 8. The number of carbonyl (C=O) groups excluding carboxylic acids is 1. The smallest absolute Gasteiger partial charge is 0.237 e. The molecule has 0 spiro atoms. The van der Waals surface area contributed by atoms with Crippen molar-refractivity contribution in [2.24, 2.45) is 11.7 Å². The molecule has 0 heterocycles. The third kappa shape index (κ3) is 6.47. The molecule has 4 heteroatoms. The minimum atomic E-state index is -0.387. The lowest BCUT2D eigenvalue weighted by molar-refractivity contribution is -0.123. The summed E-state index contributed by atoms with van der Waals surface area (Å²) in [7, 11) is 0. The normalized spacial score (nSPS) is 14.7. The van der Waals surface area contributed by atoms with Gasteiger partial charge < -0.3 is 15.8 Å². The van der Waals surface area contributed by atoms with Gasteiger partial charge >= 0.3 is 0 Å². The Balaban J connectivity index is 3.56. The highest BCUT2D eigenvalue weighted by molar-refractivity contribution is 5.81. The fraction of sp³-hybridized carbons (Fsp3) is 0.909. The predicted molar refractivity (Wildman–Crippen MR) is 61.6 cm³/mol. The van der Waals surface area contributed by atoms with Crippen molar-refractivity contribution in [1.82, 2.24) is 5.32 Å². The summed E-state index contributed by atoms with van der Waals surface area (Å²) < 4.78 is 5.16. The summed E-state index contributed by atoms with van der Waals surface area (Å²) >= 11 is 0. The van der Waals surface area contributed by atoms with Crippen molar-refractivity contribution >= 4 is 5.91 Å². The van der Waals surface area contributed by atoms with Crippen molar-refractivity contribution in [3.8, 4) is 0 Å². The molecule has 0 saturated heterocycles. The van der Waals surface area contributed by atoms with Crippen molar-refractivity contribution < 1.29 is 9.53 Å². The molecule has 0 aliphatic rings. The minimum absolute atomic E-state index is 0.0548. The number of carbonyl (C=O) groups is 1. The first-order valence-corrected chi connectivity index (χ1v) is 5.74. The van der Waals surface area contributed by atoms with Crippen molar-refractivity contribution in [3.63, 3.8) is 0 Å². The van der Waals surface area contributed by atoms with Crippen LogP contribution in [0, 0.1) is 5.92 Å². The first-order valence-electron chi connectivity index (χ1n) is 5.74. The third-order valence-electron chi connectivity index (χ3n) is 2.53. The zero-order valence-electron chi connectivity index (χ0n) is 10.1. The van der Waals surface area contributed by atoms with Gasteiger partial charge in [0.05, 0.1) is 6.04 Å². The molecule has 0 rings (SSSR count). The maximum absolute atomic E-state index is 11.5. The lowest BCUT2D eigenvalue weighted by Gasteiger charge is -2.17. The molecule has 0 aliphatic carbocycles. The van der Waals surface area contributed by atoms with Crippen LogP contribution in [0.5, 0.6) is 0 Å². The summed E-state index contributed by atoms with van der Waals surface area (Å²) in [5.41, 5.74) is 5.77. The molecule has 0 aromatic rings. The van der Waals surface area contributed by atoms with Crippen LogP contribution in [-0.2, 0) is 9.53 Å². The molecule has 15 heavy (non-hydrogen) atoms. The Hall–Kier alpha value is -0.610. The number of hydrogen-bond donors (Lipinski definition) is 2. The molecule has 0 unspecified atom stereocenters. The van der Waals surface area contributed by atoms with Crippen molar-refractivity contribution in [3.05, 3.63) is 0 Å². The van der Waals surface area contributed by atoms with Crippen LogP contribution in [0.3, 0.4) is 0 Å². The van der Waals surface area contributed by atoms with Crippen molar-refractivity contribution in [2.75, 3.05) is 19.8 Å². The van der Waals surface area contributed by atoms with Crippen LogP contribution in [0.25, 0.3) is 0 Å². The Morgan fingerprint density at radius 1 is 1.47 bits per heavy atom. The highest BCUT2D eigenvalue weighted by atomic mass is 16.5. The van der Waals surface area contributed by atoms with Gasteiger partial charge in [0.2, 0.25) is 5.91 Å². The van der Waals surface area contributed by atoms with E-state index in [0.29, 0.717) is 13.2 Å². The Morgan fingerprint density at radius 3 is 2.67 bits per heavy atom. The second-order valence-electron chi connectivity index (χ2n) is 3.75. The third-order valence-corrected chi connectivity index (χ3v) is 2.53. The summed E-state index contributed by atoms with van der Waals surface area (Å²) in [6.07, 6.45) is 1.76. The van der Waals surface area contributed by atoms with Crippen LogP contribution in [-0.4, -0.2) is 31.7 Å². The molecular formula is C11H24N2O2. The maximum atomic E-state index is 11.5. The van der Waals surface area contributed by atoms with E-state index in [1.54, 1.807) is 0 Å². The summed E-state index contributed by atoms with van der Waals surface area (Å²) in [6, 6.07) is -0.387. The van der Waals surface area contributed by atoms with Gasteiger partial charge in [0.15, 0.2) is 0 Å². The Labute approximate surface area is 92.6 Å². The Kier molecular flexibility index (Phi) is 8.33. The van der Waals surface area contributed by atoms with E-state index in [4.69, 9.17) is 10.5 Å². The van der Waals surface area contributed by atoms with Crippen molar-refractivity contribution in [1.29, 1.82) is 0 Å². The van der Waals surface area contributed by atoms with E-state index in [1.165, 1.54) is 0 Å². The molecular weight excluding hydrogens is 192 g/mol. The van der Waals surface area contributed by atoms with Gasteiger partial charge in [-0.1, -0.05) is 20.3 Å². The molecule has 0 aliphatic heterocycles. The van der Waals surface area contributed by atoms with E-state index in [0.717, 1.165) is 19.4 Å². The van der Waals surface area contributed by atoms with E-state index in [-0.39, 0.29) is 17.9 Å². The van der Waals surface area contributed by atoms with Crippen LogP contribution in [0.4, 0.5) is 0 Å². The lowest BCUT2D eigenvalue weighted by Crippen LogP contribution is -2.44. The summed E-state index contributed by atoms with van der Waals surface area (Å²) in [5, 5.41) is 2.81. The first kappa shape index (κ1) is 14.4. The van der Waals surface area contributed by atoms with Gasteiger partial charge in [-0.2, -0.15) is 0 Å². The molecule has 1 amide bonds. The highest BCUT2D eigenvalue weighted by Gasteiger charge is 2.18. The van der Waals surface area contributed by atoms with Gasteiger partial charge in [-0.3, -0.25) is 4.79 Å². The van der Waals surface area contributed by atoms with Crippen LogP contribution < -0.4 is 11.1 Å². The fourth-order valence-corrected chi connectivity index (χ4v) is 1.16. The summed E-state index contributed by atoms with van der Waals surface area (Å²) in [6.45, 7) is 8.04. The van der Waals surface area contributed by atoms with E-state index < -0.39 is 0 Å². The predicted octanol–water partition coefficient (Wildman–Crippen LogP) is 0.903. The molecule has 3 N–H and O–H groups in total. The quantitative estimate of drug-likeness (QED) is 0.593. The molecule has 0 aromatic carbocycles. The standard InChI is InChI=1S/C11H24N2O2/c1-4-9(3)10(12)11(14)13-7-6-8-15-5-2/h9-10H,4-8,12H2,1-3H3,(H,13,14)/t9-,10-/m0/s1. The minimum Gasteiger partial charge on any atom is -0.382 e. The maximum Gasteiger partial charge on any atom is 0.237 e. The topological polar surface area (TPSA) is 64.3 Å². The monoisotopic (exact) mass is 216 g/mol. The molecule has 0 fully saturated rings. The SMILES string of the molecule is CCOCCCNC(=O)[C@@H](N)[C@@H](C)CC. The number of hydrogen-bond acceptors (Lipinski definition) is 3. The highest BCUT2D eigenvalue weighted by Crippen LogP contribution is 2.04. The molecule has 0 saturated carbocycles. The molecule has 0 radical (unpaired) electrons. The molecule has 90 valence electrons. The zero-order chi connectivity index (χ0) is 11.7. The first-order chi connectivity index (χ1) is 7.13. The van der Waals surface area contributed by atoms with Crippen molar-refractivity contribution in [2.45, 2.75) is 39.7 Å². The lowest BCUT2D eigenvalue weighted by atomic mass is 9.99. The van der Waals surface area contributed by atoms with Gasteiger partial charge in [-0.15, -0.1) is 0 Å². The van der Waals surface area contributed by atoms with Gasteiger partial charge in [0.25, 0.3) is 0 Å². The molecule has 4 nitrogen and oxygen atoms in total. The number of nitrogens with one attached hydrogen (secondary N) is 1. The van der Waals surface area contributed by atoms with Gasteiger partial charge in [0, 0.05) is 19.8 Å². The van der Waals surface area contributed by atoms with Gasteiger partial charge in [0.1, 0.15) is 0 Å². The van der Waals surface area contributed by atoms with E-state index >= 15 is 0 Å². The summed E-state index contributed by atoms with van der Waals surface area (Å²) in [5.74, 6) is 0.178. The Bertz CT molecular complexity index is 174. The van der Waals surface area contributed by atoms with Gasteiger partial charge in [-0.05, 0) is 19.3 Å². The van der Waals surface area contributed by atoms with Crippen LogP contribution >= 0.6 is 0 Å². The molecule has 0 bridgehead atoms. The van der Waals surface area contributed by atoms with Gasteiger partial charge in [-0.25, -0.2) is 0 Å². The molecule has 0 aromatic heterocycles. The largest absolute Gasteiger partial charge is 0.382 e. The van der Waals surface area contributed by atoms with Crippen LogP contribution in [0.15, 0.2) is 0 Å². The second kappa shape index (κ2) is 8.68. The Morgan fingerprint density at radius 2 is 2.13 bits per heavy atom. The van der Waals surface area contributed by atoms with E-state index in [1.807, 2.05) is 20.8 Å². The fourth-order valence-electron chi connectivity index (χ4n) is 1.16. The average molecular weight is 216 g/mol. The van der Waals surface area contributed by atoms with E-state index in [9.17, 15) is 4.79 Å². The van der Waals surface area contributed by atoms with Crippen LogP contribution in [0.2, 0.25) is 0 Å². The van der Waals surface area contributed by atoms with E-state index in [2.05, 4.69) is 5.32 Å².